The molecule has 1 heterocycles. The lowest BCUT2D eigenvalue weighted by Crippen LogP contribution is -2.51. The van der Waals surface area contributed by atoms with E-state index in [1.807, 2.05) is 0 Å². The molecule has 0 saturated carbocycles. The Balaban J connectivity index is 1.61. The fourth-order valence-electron chi connectivity index (χ4n) is 6.24. The smallest absolute Gasteiger partial charge is 0.198 e. The van der Waals surface area contributed by atoms with Crippen LogP contribution >= 0.6 is 0 Å². The molecular formula is C27H31NO7. The van der Waals surface area contributed by atoms with Crippen LogP contribution in [-0.2, 0) is 11.2 Å². The molecule has 8 heteroatoms. The Labute approximate surface area is 203 Å². The van der Waals surface area contributed by atoms with Gasteiger partial charge in [0.2, 0.25) is 0 Å². The van der Waals surface area contributed by atoms with Crippen molar-refractivity contribution in [3.8, 4) is 11.5 Å². The zero-order valence-corrected chi connectivity index (χ0v) is 19.6. The standard InChI is InChI=1S/C27H31NO7/c1-12-23(30)19(28)11-15(35-12)10-14-8-13(6-7-29)9-18-20(14)27(34)22-21(26(18)33)24(31)16-4-2-3-5-17(16)25(22)32/h2-5,12-15,19,23,29-30,33-34H,6-11,28H2,1H3/t12-,13?,14?,15+,19+,23+/m1/s1. The second-order valence-electron chi connectivity index (χ2n) is 10.1. The van der Waals surface area contributed by atoms with Gasteiger partial charge in [-0.25, -0.2) is 0 Å². The molecular weight excluding hydrogens is 450 g/mol. The minimum Gasteiger partial charge on any atom is -0.507 e. The van der Waals surface area contributed by atoms with Crippen LogP contribution in [0.1, 0.15) is 81.5 Å². The SMILES string of the molecule is C[C@H]1O[C@@H](CC2CC(CCO)Cc3c(O)c4c(c(O)c32)C(=O)c2ccccc2C4=O)C[C@H](N)[C@H]1O. The lowest BCUT2D eigenvalue weighted by Gasteiger charge is -2.40. The maximum absolute atomic E-state index is 13.4. The summed E-state index contributed by atoms with van der Waals surface area (Å²) in [6.45, 7) is 1.74. The predicted molar refractivity (Wildman–Crippen MR) is 127 cm³/mol. The van der Waals surface area contributed by atoms with Crippen LogP contribution in [0.2, 0.25) is 0 Å². The third-order valence-corrected chi connectivity index (χ3v) is 7.93. The second-order valence-corrected chi connectivity index (χ2v) is 10.1. The van der Waals surface area contributed by atoms with E-state index in [1.165, 1.54) is 0 Å². The molecule has 0 radical (unpaired) electrons. The van der Waals surface area contributed by atoms with Gasteiger partial charge < -0.3 is 30.9 Å². The number of benzene rings is 2. The first-order valence-electron chi connectivity index (χ1n) is 12.2. The summed E-state index contributed by atoms with van der Waals surface area (Å²) in [5.41, 5.74) is 7.14. The van der Waals surface area contributed by atoms with Crippen molar-refractivity contribution < 1.29 is 34.8 Å². The molecule has 5 rings (SSSR count). The molecule has 1 saturated heterocycles. The molecule has 6 atom stereocenters. The van der Waals surface area contributed by atoms with E-state index in [1.54, 1.807) is 31.2 Å². The van der Waals surface area contributed by atoms with Crippen molar-refractivity contribution in [3.63, 3.8) is 0 Å². The van der Waals surface area contributed by atoms with Crippen molar-refractivity contribution >= 4 is 11.6 Å². The number of aliphatic hydroxyl groups excluding tert-OH is 2. The van der Waals surface area contributed by atoms with Crippen LogP contribution in [0.3, 0.4) is 0 Å². The van der Waals surface area contributed by atoms with Crippen molar-refractivity contribution in [3.05, 3.63) is 57.6 Å². The summed E-state index contributed by atoms with van der Waals surface area (Å²) >= 11 is 0. The number of hydrogen-bond donors (Lipinski definition) is 5. The number of nitrogens with two attached hydrogens (primary N) is 1. The van der Waals surface area contributed by atoms with Crippen LogP contribution in [0.4, 0.5) is 0 Å². The first-order valence-corrected chi connectivity index (χ1v) is 12.2. The van der Waals surface area contributed by atoms with Crippen molar-refractivity contribution in [2.45, 2.75) is 69.3 Å². The first kappa shape index (κ1) is 23.9. The molecule has 6 N–H and O–H groups in total. The maximum atomic E-state index is 13.4. The number of phenols is 2. The average Bonchev–Trinajstić information content (AvgIpc) is 2.83. The number of aliphatic hydroxyl groups is 2. The third-order valence-electron chi connectivity index (χ3n) is 7.93. The fourth-order valence-corrected chi connectivity index (χ4v) is 6.24. The Kier molecular flexibility index (Phi) is 6.17. The number of hydrogen-bond acceptors (Lipinski definition) is 8. The van der Waals surface area contributed by atoms with E-state index in [0.29, 0.717) is 43.2 Å². The van der Waals surface area contributed by atoms with Gasteiger partial charge in [-0.3, -0.25) is 9.59 Å². The van der Waals surface area contributed by atoms with Gasteiger partial charge in [0.25, 0.3) is 0 Å². The highest BCUT2D eigenvalue weighted by molar-refractivity contribution is 6.30. The van der Waals surface area contributed by atoms with Crippen molar-refractivity contribution in [2.24, 2.45) is 11.7 Å². The Morgan fingerprint density at radius 3 is 2.26 bits per heavy atom. The summed E-state index contributed by atoms with van der Waals surface area (Å²) in [4.78, 5) is 26.7. The number of carbonyl (C=O) groups excluding carboxylic acids is 2. The molecule has 2 unspecified atom stereocenters. The van der Waals surface area contributed by atoms with Crippen LogP contribution in [-0.4, -0.2) is 63.0 Å². The topological polar surface area (TPSA) is 150 Å². The van der Waals surface area contributed by atoms with E-state index < -0.39 is 29.8 Å². The summed E-state index contributed by atoms with van der Waals surface area (Å²) in [6.07, 6.45) is 0.899. The lowest BCUT2D eigenvalue weighted by molar-refractivity contribution is -0.121. The van der Waals surface area contributed by atoms with Crippen LogP contribution < -0.4 is 5.73 Å². The zero-order chi connectivity index (χ0) is 25.0. The van der Waals surface area contributed by atoms with E-state index in [0.717, 1.165) is 0 Å². The lowest BCUT2D eigenvalue weighted by atomic mass is 9.69. The van der Waals surface area contributed by atoms with Gasteiger partial charge in [-0.05, 0) is 50.9 Å². The molecule has 1 fully saturated rings. The number of rotatable bonds is 4. The van der Waals surface area contributed by atoms with Gasteiger partial charge in [0.1, 0.15) is 11.5 Å². The largest absolute Gasteiger partial charge is 0.507 e. The minimum absolute atomic E-state index is 0.0165. The monoisotopic (exact) mass is 481 g/mol. The average molecular weight is 482 g/mol. The molecule has 8 nitrogen and oxygen atoms in total. The molecule has 35 heavy (non-hydrogen) atoms. The van der Waals surface area contributed by atoms with Gasteiger partial charge >= 0.3 is 0 Å². The zero-order valence-electron chi connectivity index (χ0n) is 19.6. The first-order chi connectivity index (χ1) is 16.7. The van der Waals surface area contributed by atoms with Gasteiger partial charge in [0.05, 0.1) is 29.4 Å². The molecule has 2 aromatic carbocycles. The number of ketones is 2. The van der Waals surface area contributed by atoms with Gasteiger partial charge in [0, 0.05) is 34.9 Å². The highest BCUT2D eigenvalue weighted by Crippen LogP contribution is 2.52. The molecule has 186 valence electrons. The Hall–Kier alpha value is -2.78. The molecule has 1 aliphatic heterocycles. The molecule has 3 aliphatic rings. The fraction of sp³-hybridized carbons (Fsp3) is 0.481. The molecule has 0 aromatic heterocycles. The third kappa shape index (κ3) is 3.85. The van der Waals surface area contributed by atoms with Crippen LogP contribution in [0.25, 0.3) is 0 Å². The molecule has 2 aromatic rings. The second kappa shape index (κ2) is 9.02. The number of carbonyl (C=O) groups is 2. The maximum Gasteiger partial charge on any atom is 0.198 e. The molecule has 2 aliphatic carbocycles. The quantitative estimate of drug-likeness (QED) is 0.356. The highest BCUT2D eigenvalue weighted by Gasteiger charge is 2.43. The van der Waals surface area contributed by atoms with E-state index in [4.69, 9.17) is 10.5 Å². The molecule has 0 amide bonds. The van der Waals surface area contributed by atoms with E-state index in [2.05, 4.69) is 0 Å². The molecule has 0 spiro atoms. The number of fused-ring (bicyclic) bond motifs is 3. The van der Waals surface area contributed by atoms with Crippen molar-refractivity contribution in [2.75, 3.05) is 6.61 Å². The van der Waals surface area contributed by atoms with Crippen molar-refractivity contribution in [1.82, 2.24) is 0 Å². The number of phenolic OH excluding ortho intramolecular Hbond substituents is 2. The van der Waals surface area contributed by atoms with Gasteiger partial charge in [-0.15, -0.1) is 0 Å². The van der Waals surface area contributed by atoms with E-state index in [9.17, 15) is 30.0 Å². The van der Waals surface area contributed by atoms with Crippen molar-refractivity contribution in [1.29, 1.82) is 0 Å². The van der Waals surface area contributed by atoms with Gasteiger partial charge in [0.15, 0.2) is 11.6 Å². The van der Waals surface area contributed by atoms with Gasteiger partial charge in [-0.1, -0.05) is 24.3 Å². The number of aromatic hydroxyl groups is 2. The predicted octanol–water partition coefficient (Wildman–Crippen LogP) is 2.16. The number of ether oxygens (including phenoxy) is 1. The normalized spacial score (nSPS) is 29.9. The Bertz CT molecular complexity index is 1180. The minimum atomic E-state index is -0.764. The Morgan fingerprint density at radius 2 is 1.66 bits per heavy atom. The summed E-state index contributed by atoms with van der Waals surface area (Å²) in [5, 5.41) is 42.5. The summed E-state index contributed by atoms with van der Waals surface area (Å²) in [6, 6.07) is 5.97. The van der Waals surface area contributed by atoms with Crippen LogP contribution in [0.15, 0.2) is 24.3 Å². The van der Waals surface area contributed by atoms with Crippen LogP contribution in [0.5, 0.6) is 11.5 Å². The van der Waals surface area contributed by atoms with E-state index >= 15 is 0 Å². The van der Waals surface area contributed by atoms with Gasteiger partial charge in [-0.2, -0.15) is 0 Å². The van der Waals surface area contributed by atoms with Crippen LogP contribution in [0, 0.1) is 5.92 Å². The Morgan fingerprint density at radius 1 is 1.03 bits per heavy atom. The summed E-state index contributed by atoms with van der Waals surface area (Å²) < 4.78 is 6.00. The summed E-state index contributed by atoms with van der Waals surface area (Å²) in [5.74, 6) is -1.78. The highest BCUT2D eigenvalue weighted by atomic mass is 16.5. The summed E-state index contributed by atoms with van der Waals surface area (Å²) in [7, 11) is 0. The molecule has 0 bridgehead atoms. The van der Waals surface area contributed by atoms with E-state index in [-0.39, 0.29) is 58.3 Å².